The number of rotatable bonds is 3. The molecule has 0 fully saturated rings. The number of hydrogen-bond donors (Lipinski definition) is 2. The Kier molecular flexibility index (Phi) is 3.00. The number of azo groups is 1. The second-order valence-corrected chi connectivity index (χ2v) is 3.53. The van der Waals surface area contributed by atoms with Crippen LogP contribution in [-0.4, -0.2) is 15.1 Å². The van der Waals surface area contributed by atoms with Gasteiger partial charge in [-0.05, 0) is 13.0 Å². The molecule has 0 saturated carbocycles. The van der Waals surface area contributed by atoms with E-state index in [9.17, 15) is 14.9 Å². The smallest absolute Gasteiger partial charge is 0.291 e. The van der Waals surface area contributed by atoms with Crippen LogP contribution in [0.3, 0.4) is 0 Å². The molecule has 0 spiro atoms. The Hall–Kier alpha value is -2.77. The second kappa shape index (κ2) is 4.62. The summed E-state index contributed by atoms with van der Waals surface area (Å²) in [6, 6.07) is 5.69. The predicted octanol–water partition coefficient (Wildman–Crippen LogP) is 2.34. The number of nitro groups is 1. The first-order chi connectivity index (χ1) is 8.58. The van der Waals surface area contributed by atoms with Gasteiger partial charge in [0.25, 0.3) is 11.2 Å². The van der Waals surface area contributed by atoms with Crippen molar-refractivity contribution in [2.75, 3.05) is 0 Å². The van der Waals surface area contributed by atoms with Crippen LogP contribution in [0.5, 0.6) is 0 Å². The minimum Gasteiger partial charge on any atom is -0.300 e. The molecule has 0 aliphatic rings. The Morgan fingerprint density at radius 1 is 1.28 bits per heavy atom. The predicted molar refractivity (Wildman–Crippen MR) is 63.4 cm³/mol. The van der Waals surface area contributed by atoms with Gasteiger partial charge in [-0.2, -0.15) is 5.11 Å². The summed E-state index contributed by atoms with van der Waals surface area (Å²) in [4.78, 5) is 21.3. The number of nitrogens with one attached hydrogen (secondary N) is 2. The SMILES string of the molecule is Cc1[nH][nH]c(=O)c1N=Nc1cccc([N+](=O)[O-])c1. The molecule has 1 aromatic carbocycles. The molecule has 0 atom stereocenters. The summed E-state index contributed by atoms with van der Waals surface area (Å²) in [6.07, 6.45) is 0. The Labute approximate surface area is 101 Å². The number of aromatic amines is 2. The molecular weight excluding hydrogens is 238 g/mol. The van der Waals surface area contributed by atoms with Gasteiger partial charge in [-0.15, -0.1) is 5.11 Å². The first kappa shape index (κ1) is 11.7. The average molecular weight is 247 g/mol. The molecule has 0 aliphatic heterocycles. The molecule has 0 amide bonds. The van der Waals surface area contributed by atoms with Crippen LogP contribution in [0.4, 0.5) is 17.1 Å². The highest BCUT2D eigenvalue weighted by Crippen LogP contribution is 2.21. The maximum atomic E-state index is 11.3. The highest BCUT2D eigenvalue weighted by Gasteiger charge is 2.06. The van der Waals surface area contributed by atoms with Crippen molar-refractivity contribution in [3.63, 3.8) is 0 Å². The lowest BCUT2D eigenvalue weighted by Crippen LogP contribution is -1.96. The van der Waals surface area contributed by atoms with Crippen molar-refractivity contribution in [2.24, 2.45) is 10.2 Å². The molecule has 0 bridgehead atoms. The molecule has 18 heavy (non-hydrogen) atoms. The van der Waals surface area contributed by atoms with Crippen molar-refractivity contribution in [2.45, 2.75) is 6.92 Å². The standard InChI is InChI=1S/C10H9N5O3/c1-6-9(10(16)14-11-6)13-12-7-3-2-4-8(5-7)15(17)18/h2-5H,1H3,(H2,11,14,16). The van der Waals surface area contributed by atoms with Crippen LogP contribution in [-0.2, 0) is 0 Å². The van der Waals surface area contributed by atoms with E-state index in [4.69, 9.17) is 0 Å². The summed E-state index contributed by atoms with van der Waals surface area (Å²) >= 11 is 0. The van der Waals surface area contributed by atoms with Gasteiger partial charge in [0.15, 0.2) is 5.69 Å². The molecule has 2 aromatic rings. The third-order valence-corrected chi connectivity index (χ3v) is 2.24. The summed E-state index contributed by atoms with van der Waals surface area (Å²) in [5.74, 6) is 0. The minimum atomic E-state index is -0.520. The van der Waals surface area contributed by atoms with Gasteiger partial charge in [0.1, 0.15) is 0 Å². The molecule has 0 aliphatic carbocycles. The number of aryl methyl sites for hydroxylation is 1. The zero-order valence-corrected chi connectivity index (χ0v) is 9.38. The van der Waals surface area contributed by atoms with Gasteiger partial charge in [0.05, 0.1) is 16.3 Å². The molecule has 2 rings (SSSR count). The monoisotopic (exact) mass is 247 g/mol. The van der Waals surface area contributed by atoms with Gasteiger partial charge < -0.3 is 5.10 Å². The fourth-order valence-corrected chi connectivity index (χ4v) is 1.34. The van der Waals surface area contributed by atoms with E-state index < -0.39 is 4.92 Å². The van der Waals surface area contributed by atoms with Crippen molar-refractivity contribution in [1.29, 1.82) is 0 Å². The topological polar surface area (TPSA) is 117 Å². The van der Waals surface area contributed by atoms with E-state index in [1.165, 1.54) is 18.2 Å². The summed E-state index contributed by atoms with van der Waals surface area (Å²) in [5, 5.41) is 23.1. The van der Waals surface area contributed by atoms with Gasteiger partial charge in [0, 0.05) is 12.1 Å². The number of non-ortho nitro benzene ring substituents is 1. The van der Waals surface area contributed by atoms with E-state index in [-0.39, 0.29) is 16.9 Å². The van der Waals surface area contributed by atoms with Crippen LogP contribution in [0, 0.1) is 17.0 Å². The fourth-order valence-electron chi connectivity index (χ4n) is 1.34. The molecule has 1 aromatic heterocycles. The van der Waals surface area contributed by atoms with Crippen LogP contribution in [0.25, 0.3) is 0 Å². The van der Waals surface area contributed by atoms with Gasteiger partial charge in [0.2, 0.25) is 0 Å². The molecule has 8 nitrogen and oxygen atoms in total. The normalized spacial score (nSPS) is 10.9. The van der Waals surface area contributed by atoms with Crippen LogP contribution in [0.2, 0.25) is 0 Å². The number of hydrogen-bond acceptors (Lipinski definition) is 5. The zero-order valence-electron chi connectivity index (χ0n) is 9.38. The maximum absolute atomic E-state index is 11.3. The molecular formula is C10H9N5O3. The highest BCUT2D eigenvalue weighted by molar-refractivity contribution is 5.47. The first-order valence-corrected chi connectivity index (χ1v) is 5.01. The number of aromatic nitrogens is 2. The van der Waals surface area contributed by atoms with Crippen molar-refractivity contribution in [3.05, 3.63) is 50.4 Å². The van der Waals surface area contributed by atoms with Crippen molar-refractivity contribution in [1.82, 2.24) is 10.2 Å². The van der Waals surface area contributed by atoms with Crippen LogP contribution in [0.1, 0.15) is 5.69 Å². The van der Waals surface area contributed by atoms with Gasteiger partial charge in [-0.3, -0.25) is 20.0 Å². The Morgan fingerprint density at radius 2 is 2.06 bits per heavy atom. The highest BCUT2D eigenvalue weighted by atomic mass is 16.6. The lowest BCUT2D eigenvalue weighted by molar-refractivity contribution is -0.384. The van der Waals surface area contributed by atoms with Gasteiger partial charge in [-0.1, -0.05) is 6.07 Å². The van der Waals surface area contributed by atoms with E-state index in [0.717, 1.165) is 0 Å². The van der Waals surface area contributed by atoms with Gasteiger partial charge >= 0.3 is 0 Å². The molecule has 8 heteroatoms. The van der Waals surface area contributed by atoms with E-state index in [1.54, 1.807) is 13.0 Å². The van der Waals surface area contributed by atoms with E-state index in [1.807, 2.05) is 0 Å². The molecule has 2 N–H and O–H groups in total. The van der Waals surface area contributed by atoms with Gasteiger partial charge in [-0.25, -0.2) is 0 Å². The van der Waals surface area contributed by atoms with Crippen molar-refractivity contribution in [3.8, 4) is 0 Å². The maximum Gasteiger partial charge on any atom is 0.291 e. The van der Waals surface area contributed by atoms with Crippen LogP contribution < -0.4 is 5.56 Å². The fraction of sp³-hybridized carbons (Fsp3) is 0.100. The van der Waals surface area contributed by atoms with Crippen LogP contribution in [0.15, 0.2) is 39.3 Å². The lowest BCUT2D eigenvalue weighted by Gasteiger charge is -1.92. The lowest BCUT2D eigenvalue weighted by atomic mass is 10.3. The first-order valence-electron chi connectivity index (χ1n) is 5.01. The summed E-state index contributed by atoms with van der Waals surface area (Å²) in [5.41, 5.74) is 0.549. The number of H-pyrrole nitrogens is 2. The minimum absolute atomic E-state index is 0.0776. The number of nitrogens with zero attached hydrogens (tertiary/aromatic N) is 3. The summed E-state index contributed by atoms with van der Waals surface area (Å²) in [7, 11) is 0. The van der Waals surface area contributed by atoms with Crippen LogP contribution >= 0.6 is 0 Å². The molecule has 0 radical (unpaired) electrons. The molecule has 92 valence electrons. The quantitative estimate of drug-likeness (QED) is 0.492. The Balaban J connectivity index is 2.32. The molecule has 0 unspecified atom stereocenters. The number of nitro benzene ring substituents is 1. The van der Waals surface area contributed by atoms with Crippen molar-refractivity contribution < 1.29 is 4.92 Å². The second-order valence-electron chi connectivity index (χ2n) is 3.53. The summed E-state index contributed by atoms with van der Waals surface area (Å²) in [6.45, 7) is 1.67. The Bertz CT molecular complexity index is 670. The Morgan fingerprint density at radius 3 is 2.67 bits per heavy atom. The third-order valence-electron chi connectivity index (χ3n) is 2.24. The van der Waals surface area contributed by atoms with Crippen molar-refractivity contribution >= 4 is 17.1 Å². The van der Waals surface area contributed by atoms with E-state index in [2.05, 4.69) is 20.4 Å². The molecule has 1 heterocycles. The molecule has 0 saturated heterocycles. The number of benzene rings is 1. The third kappa shape index (κ3) is 2.32. The van der Waals surface area contributed by atoms with E-state index in [0.29, 0.717) is 11.4 Å². The largest absolute Gasteiger partial charge is 0.300 e. The van der Waals surface area contributed by atoms with E-state index >= 15 is 0 Å². The summed E-state index contributed by atoms with van der Waals surface area (Å²) < 4.78 is 0. The average Bonchev–Trinajstić information content (AvgIpc) is 2.67. The zero-order chi connectivity index (χ0) is 13.1.